The molecule has 0 bridgehead atoms. The van der Waals surface area contributed by atoms with E-state index in [4.69, 9.17) is 21.3 Å². The van der Waals surface area contributed by atoms with Crippen LogP contribution in [-0.2, 0) is 17.8 Å². The molecule has 1 aliphatic heterocycles. The smallest absolute Gasteiger partial charge is 0.0756 e. The monoisotopic (exact) mass is 262 g/mol. The van der Waals surface area contributed by atoms with Gasteiger partial charge in [-0.1, -0.05) is 11.6 Å². The highest BCUT2D eigenvalue weighted by Crippen LogP contribution is 2.34. The highest BCUT2D eigenvalue weighted by atomic mass is 35.5. The van der Waals surface area contributed by atoms with Gasteiger partial charge in [0.15, 0.2) is 0 Å². The van der Waals surface area contributed by atoms with Crippen molar-refractivity contribution in [3.8, 4) is 0 Å². The molecular weight excluding hydrogens is 248 g/mol. The molecule has 0 amide bonds. The van der Waals surface area contributed by atoms with Crippen molar-refractivity contribution in [2.75, 3.05) is 19.0 Å². The van der Waals surface area contributed by atoms with Gasteiger partial charge in [0.05, 0.1) is 30.1 Å². The molecule has 0 unspecified atom stereocenters. The summed E-state index contributed by atoms with van der Waals surface area (Å²) in [6, 6.07) is 3.93. The molecule has 94 valence electrons. The first-order valence-electron chi connectivity index (χ1n) is 6.08. The number of hydrogen-bond donors (Lipinski definition) is 1. The largest absolute Gasteiger partial charge is 0.387 e. The number of rotatable bonds is 1. The summed E-state index contributed by atoms with van der Waals surface area (Å²) in [6.45, 7) is 3.42. The topological polar surface area (TPSA) is 34.2 Å². The summed E-state index contributed by atoms with van der Waals surface area (Å²) < 4.78 is 5.53. The molecule has 1 N–H and O–H groups in total. The van der Waals surface area contributed by atoms with E-state index >= 15 is 0 Å². The number of hydrogen-bond acceptors (Lipinski definition) is 3. The molecule has 18 heavy (non-hydrogen) atoms. The predicted octanol–water partition coefficient (Wildman–Crippen LogP) is 3.31. The van der Waals surface area contributed by atoms with Crippen molar-refractivity contribution in [1.29, 1.82) is 0 Å². The second kappa shape index (κ2) is 4.41. The Hall–Kier alpha value is -1.32. The number of aromatic nitrogens is 1. The van der Waals surface area contributed by atoms with Gasteiger partial charge < -0.3 is 10.1 Å². The Balaban J connectivity index is 2.40. The lowest BCUT2D eigenvalue weighted by Gasteiger charge is -2.21. The van der Waals surface area contributed by atoms with Crippen molar-refractivity contribution >= 4 is 28.2 Å². The van der Waals surface area contributed by atoms with Gasteiger partial charge in [-0.25, -0.2) is 0 Å². The normalized spacial score (nSPS) is 14.6. The minimum Gasteiger partial charge on any atom is -0.387 e. The van der Waals surface area contributed by atoms with Gasteiger partial charge in [0.1, 0.15) is 0 Å². The van der Waals surface area contributed by atoms with Gasteiger partial charge >= 0.3 is 0 Å². The standard InChI is InChI=1S/C14H15ClN2O/c1-8-5-9(15)6-10-13(8)17-12-3-4-18-7-11(12)14(10)16-2/h5-6H,3-4,7H2,1-2H3,(H,16,17). The number of pyridine rings is 1. The van der Waals surface area contributed by atoms with Crippen LogP contribution in [0.3, 0.4) is 0 Å². The fourth-order valence-corrected chi connectivity index (χ4v) is 2.85. The third-order valence-electron chi connectivity index (χ3n) is 3.41. The van der Waals surface area contributed by atoms with Gasteiger partial charge in [-0.3, -0.25) is 4.98 Å². The molecule has 0 saturated carbocycles. The van der Waals surface area contributed by atoms with E-state index in [1.807, 2.05) is 26.1 Å². The average molecular weight is 263 g/mol. The van der Waals surface area contributed by atoms with Gasteiger partial charge in [-0.2, -0.15) is 0 Å². The van der Waals surface area contributed by atoms with Crippen LogP contribution in [0.4, 0.5) is 5.69 Å². The van der Waals surface area contributed by atoms with Crippen LogP contribution in [0.15, 0.2) is 12.1 Å². The molecule has 1 aromatic heterocycles. The Bertz CT molecular complexity index is 625. The van der Waals surface area contributed by atoms with E-state index in [1.54, 1.807) is 0 Å². The fraction of sp³-hybridized carbons (Fsp3) is 0.357. The summed E-state index contributed by atoms with van der Waals surface area (Å²) in [5.41, 5.74) is 5.55. The van der Waals surface area contributed by atoms with Crippen LogP contribution in [0, 0.1) is 6.92 Å². The van der Waals surface area contributed by atoms with E-state index in [-0.39, 0.29) is 0 Å². The maximum absolute atomic E-state index is 6.15. The first-order chi connectivity index (χ1) is 8.70. The lowest BCUT2D eigenvalue weighted by Crippen LogP contribution is -2.14. The Labute approximate surface area is 111 Å². The lowest BCUT2D eigenvalue weighted by atomic mass is 10.0. The highest BCUT2D eigenvalue weighted by molar-refractivity contribution is 6.31. The molecule has 0 aliphatic carbocycles. The summed E-state index contributed by atoms with van der Waals surface area (Å²) in [4.78, 5) is 4.79. The van der Waals surface area contributed by atoms with Crippen LogP contribution in [0.2, 0.25) is 5.02 Å². The zero-order valence-corrected chi connectivity index (χ0v) is 11.3. The van der Waals surface area contributed by atoms with Crippen molar-refractivity contribution < 1.29 is 4.74 Å². The SMILES string of the molecule is CNc1c2c(nc3c(C)cc(Cl)cc13)CCOC2. The van der Waals surface area contributed by atoms with E-state index in [0.717, 1.165) is 51.5 Å². The maximum atomic E-state index is 6.15. The number of nitrogens with one attached hydrogen (secondary N) is 1. The van der Waals surface area contributed by atoms with E-state index < -0.39 is 0 Å². The number of halogens is 1. The van der Waals surface area contributed by atoms with E-state index in [0.29, 0.717) is 6.61 Å². The molecular formula is C14H15ClN2O. The number of aryl methyl sites for hydroxylation is 1. The average Bonchev–Trinajstić information content (AvgIpc) is 2.36. The van der Waals surface area contributed by atoms with Crippen molar-refractivity contribution in [3.05, 3.63) is 34.0 Å². The molecule has 2 heterocycles. The molecule has 1 aliphatic rings. The summed E-state index contributed by atoms with van der Waals surface area (Å²) in [7, 11) is 1.93. The molecule has 0 fully saturated rings. The summed E-state index contributed by atoms with van der Waals surface area (Å²) in [6.07, 6.45) is 0.877. The lowest BCUT2D eigenvalue weighted by molar-refractivity contribution is 0.110. The molecule has 1 aromatic carbocycles. The minimum atomic E-state index is 0.625. The van der Waals surface area contributed by atoms with Gasteiger partial charge in [0.2, 0.25) is 0 Å². The zero-order valence-electron chi connectivity index (χ0n) is 10.5. The second-order valence-corrected chi connectivity index (χ2v) is 5.02. The van der Waals surface area contributed by atoms with Crippen molar-refractivity contribution in [1.82, 2.24) is 4.98 Å². The molecule has 3 nitrogen and oxygen atoms in total. The Morgan fingerprint density at radius 3 is 3.00 bits per heavy atom. The van der Waals surface area contributed by atoms with Crippen LogP contribution < -0.4 is 5.32 Å². The molecule has 2 aromatic rings. The number of nitrogens with zero attached hydrogens (tertiary/aromatic N) is 1. The first-order valence-corrected chi connectivity index (χ1v) is 6.45. The van der Waals surface area contributed by atoms with Gasteiger partial charge in [0, 0.05) is 29.4 Å². The van der Waals surface area contributed by atoms with Crippen LogP contribution in [0.25, 0.3) is 10.9 Å². The third-order valence-corrected chi connectivity index (χ3v) is 3.63. The maximum Gasteiger partial charge on any atom is 0.0756 e. The number of ether oxygens (including phenoxy) is 1. The molecule has 0 saturated heterocycles. The van der Waals surface area contributed by atoms with E-state index in [1.165, 1.54) is 0 Å². The molecule has 0 spiro atoms. The van der Waals surface area contributed by atoms with Crippen LogP contribution in [0.5, 0.6) is 0 Å². The minimum absolute atomic E-state index is 0.625. The summed E-state index contributed by atoms with van der Waals surface area (Å²) in [5.74, 6) is 0. The zero-order chi connectivity index (χ0) is 12.7. The number of benzene rings is 1. The predicted molar refractivity (Wildman–Crippen MR) is 74.4 cm³/mol. The second-order valence-electron chi connectivity index (χ2n) is 4.58. The fourth-order valence-electron chi connectivity index (χ4n) is 2.57. The first kappa shape index (κ1) is 11.8. The van der Waals surface area contributed by atoms with Gasteiger partial charge in [-0.05, 0) is 24.6 Å². The molecule has 3 rings (SSSR count). The van der Waals surface area contributed by atoms with Crippen LogP contribution in [0.1, 0.15) is 16.8 Å². The Morgan fingerprint density at radius 1 is 1.39 bits per heavy atom. The van der Waals surface area contributed by atoms with Crippen molar-refractivity contribution in [2.24, 2.45) is 0 Å². The van der Waals surface area contributed by atoms with Crippen molar-refractivity contribution in [2.45, 2.75) is 20.0 Å². The number of anilines is 1. The number of fused-ring (bicyclic) bond motifs is 2. The highest BCUT2D eigenvalue weighted by Gasteiger charge is 2.18. The quantitative estimate of drug-likeness (QED) is 0.856. The van der Waals surface area contributed by atoms with E-state index in [2.05, 4.69) is 5.32 Å². The molecule has 0 atom stereocenters. The third kappa shape index (κ3) is 1.74. The van der Waals surface area contributed by atoms with Crippen LogP contribution in [-0.4, -0.2) is 18.6 Å². The molecule has 4 heteroatoms. The summed E-state index contributed by atoms with van der Waals surface area (Å²) in [5, 5.41) is 5.09. The van der Waals surface area contributed by atoms with Crippen LogP contribution >= 0.6 is 11.6 Å². The molecule has 0 radical (unpaired) electrons. The van der Waals surface area contributed by atoms with E-state index in [9.17, 15) is 0 Å². The van der Waals surface area contributed by atoms with Crippen molar-refractivity contribution in [3.63, 3.8) is 0 Å². The van der Waals surface area contributed by atoms with Gasteiger partial charge in [-0.15, -0.1) is 0 Å². The Morgan fingerprint density at radius 2 is 2.22 bits per heavy atom. The summed E-state index contributed by atoms with van der Waals surface area (Å²) >= 11 is 6.15. The van der Waals surface area contributed by atoms with Gasteiger partial charge in [0.25, 0.3) is 0 Å². The Kier molecular flexibility index (Phi) is 2.88.